The molecule has 0 aromatic rings. The van der Waals surface area contributed by atoms with Crippen LogP contribution >= 0.6 is 0 Å². The Morgan fingerprint density at radius 3 is 3.00 bits per heavy atom. The van der Waals surface area contributed by atoms with E-state index in [1.807, 2.05) is 6.08 Å². The maximum absolute atomic E-state index is 11.2. The predicted octanol–water partition coefficient (Wildman–Crippen LogP) is 1.02. The van der Waals surface area contributed by atoms with Crippen molar-refractivity contribution in [3.05, 3.63) is 11.6 Å². The van der Waals surface area contributed by atoms with Crippen LogP contribution in [0, 0.1) is 0 Å². The number of hydrogen-bond acceptors (Lipinski definition) is 3. The fraction of sp³-hybridized carbons (Fsp3) is 0.667. The summed E-state index contributed by atoms with van der Waals surface area (Å²) in [4.78, 5) is 11.2. The molecule has 0 unspecified atom stereocenters. The van der Waals surface area contributed by atoms with E-state index < -0.39 is 0 Å². The zero-order valence-corrected chi connectivity index (χ0v) is 7.08. The summed E-state index contributed by atoms with van der Waals surface area (Å²) in [6.45, 7) is 0.00912. The van der Waals surface area contributed by atoms with Crippen LogP contribution in [0.1, 0.15) is 25.7 Å². The molecule has 1 N–H and O–H groups in total. The van der Waals surface area contributed by atoms with Crippen LogP contribution in [0.4, 0.5) is 0 Å². The molecule has 0 bridgehead atoms. The molecule has 0 fully saturated rings. The van der Waals surface area contributed by atoms with Crippen LogP contribution in [0.25, 0.3) is 0 Å². The molecule has 3 nitrogen and oxygen atoms in total. The highest BCUT2D eigenvalue weighted by Crippen LogP contribution is 2.17. The van der Waals surface area contributed by atoms with E-state index >= 15 is 0 Å². The van der Waals surface area contributed by atoms with Crippen molar-refractivity contribution < 1.29 is 14.6 Å². The maximum Gasteiger partial charge on any atom is 0.333 e. The second kappa shape index (κ2) is 4.93. The molecule has 1 aliphatic carbocycles. The van der Waals surface area contributed by atoms with Crippen molar-refractivity contribution in [2.24, 2.45) is 0 Å². The normalized spacial score (nSPS) is 16.9. The lowest BCUT2D eigenvalue weighted by atomic mass is 10.00. The van der Waals surface area contributed by atoms with E-state index in [-0.39, 0.29) is 19.2 Å². The van der Waals surface area contributed by atoms with Gasteiger partial charge in [0.1, 0.15) is 6.61 Å². The van der Waals surface area contributed by atoms with Crippen molar-refractivity contribution in [3.8, 4) is 0 Å². The summed E-state index contributed by atoms with van der Waals surface area (Å²) < 4.78 is 4.77. The number of rotatable bonds is 3. The van der Waals surface area contributed by atoms with Gasteiger partial charge < -0.3 is 9.84 Å². The van der Waals surface area contributed by atoms with Crippen LogP contribution < -0.4 is 0 Å². The maximum atomic E-state index is 11.2. The Balaban J connectivity index is 2.35. The molecule has 3 heteroatoms. The molecule has 0 aromatic heterocycles. The Bertz CT molecular complexity index is 184. The first-order valence-corrected chi connectivity index (χ1v) is 4.31. The van der Waals surface area contributed by atoms with Crippen molar-refractivity contribution in [1.29, 1.82) is 0 Å². The molecule has 0 aromatic carbocycles. The minimum absolute atomic E-state index is 0.0982. The number of aliphatic hydroxyl groups is 1. The van der Waals surface area contributed by atoms with Crippen LogP contribution in [0.3, 0.4) is 0 Å². The largest absolute Gasteiger partial charge is 0.460 e. The minimum atomic E-state index is -0.260. The molecular formula is C9H14O3. The summed E-state index contributed by atoms with van der Waals surface area (Å²) in [6, 6.07) is 0. The number of ether oxygens (including phenoxy) is 1. The van der Waals surface area contributed by atoms with Crippen molar-refractivity contribution in [1.82, 2.24) is 0 Å². The Hall–Kier alpha value is -0.830. The van der Waals surface area contributed by atoms with Gasteiger partial charge in [-0.25, -0.2) is 4.79 Å². The van der Waals surface area contributed by atoms with Gasteiger partial charge in [-0.2, -0.15) is 0 Å². The van der Waals surface area contributed by atoms with Gasteiger partial charge in [-0.05, 0) is 25.7 Å². The van der Waals surface area contributed by atoms with Gasteiger partial charge in [0.2, 0.25) is 0 Å². The number of esters is 1. The summed E-state index contributed by atoms with van der Waals surface area (Å²) in [7, 11) is 0. The Kier molecular flexibility index (Phi) is 3.80. The zero-order chi connectivity index (χ0) is 8.81. The third kappa shape index (κ3) is 2.66. The quantitative estimate of drug-likeness (QED) is 0.643. The number of aliphatic hydroxyl groups excluding tert-OH is 1. The number of carbonyl (C=O) groups is 1. The van der Waals surface area contributed by atoms with E-state index in [0.717, 1.165) is 31.3 Å². The van der Waals surface area contributed by atoms with Crippen molar-refractivity contribution in [3.63, 3.8) is 0 Å². The smallest absolute Gasteiger partial charge is 0.333 e. The predicted molar refractivity (Wildman–Crippen MR) is 44.6 cm³/mol. The number of allylic oxidation sites excluding steroid dienone is 1. The van der Waals surface area contributed by atoms with Crippen LogP contribution in [-0.2, 0) is 9.53 Å². The molecule has 0 aliphatic heterocycles. The lowest BCUT2D eigenvalue weighted by Crippen LogP contribution is -2.12. The molecule has 0 radical (unpaired) electrons. The van der Waals surface area contributed by atoms with Gasteiger partial charge in [0.05, 0.1) is 6.61 Å². The second-order valence-electron chi connectivity index (χ2n) is 2.83. The van der Waals surface area contributed by atoms with Gasteiger partial charge in [-0.1, -0.05) is 6.08 Å². The van der Waals surface area contributed by atoms with E-state index in [1.54, 1.807) is 0 Å². The van der Waals surface area contributed by atoms with Gasteiger partial charge in [0.25, 0.3) is 0 Å². The minimum Gasteiger partial charge on any atom is -0.460 e. The van der Waals surface area contributed by atoms with Crippen LogP contribution in [0.5, 0.6) is 0 Å². The summed E-state index contributed by atoms with van der Waals surface area (Å²) in [5.41, 5.74) is 0.773. The molecular weight excluding hydrogens is 156 g/mol. The van der Waals surface area contributed by atoms with Crippen molar-refractivity contribution in [2.45, 2.75) is 25.7 Å². The van der Waals surface area contributed by atoms with E-state index in [1.165, 1.54) is 0 Å². The van der Waals surface area contributed by atoms with E-state index in [9.17, 15) is 4.79 Å². The zero-order valence-electron chi connectivity index (χ0n) is 7.08. The molecule has 12 heavy (non-hydrogen) atoms. The third-order valence-corrected chi connectivity index (χ3v) is 1.88. The fourth-order valence-electron chi connectivity index (χ4n) is 1.25. The molecule has 0 saturated heterocycles. The van der Waals surface area contributed by atoms with Gasteiger partial charge in [0.15, 0.2) is 0 Å². The molecule has 68 valence electrons. The van der Waals surface area contributed by atoms with Crippen molar-refractivity contribution >= 4 is 5.97 Å². The lowest BCUT2D eigenvalue weighted by molar-refractivity contribution is -0.140. The summed E-state index contributed by atoms with van der Waals surface area (Å²) in [6.07, 6.45) is 5.97. The van der Waals surface area contributed by atoms with E-state index in [0.29, 0.717) is 0 Å². The van der Waals surface area contributed by atoms with Gasteiger partial charge in [0, 0.05) is 5.57 Å². The molecule has 1 rings (SSSR count). The number of hydrogen-bond donors (Lipinski definition) is 1. The fourth-order valence-corrected chi connectivity index (χ4v) is 1.25. The summed E-state index contributed by atoms with van der Waals surface area (Å²) in [5.74, 6) is -0.260. The molecule has 0 atom stereocenters. The SMILES string of the molecule is O=C(OCCO)C1=CCCCC1. The molecule has 0 spiro atoms. The van der Waals surface area contributed by atoms with Gasteiger partial charge in [-0.15, -0.1) is 0 Å². The first-order valence-electron chi connectivity index (χ1n) is 4.31. The highest BCUT2D eigenvalue weighted by atomic mass is 16.5. The first kappa shape index (κ1) is 9.26. The third-order valence-electron chi connectivity index (χ3n) is 1.88. The van der Waals surface area contributed by atoms with Gasteiger partial charge >= 0.3 is 5.97 Å². The summed E-state index contributed by atoms with van der Waals surface area (Å²) in [5, 5.41) is 8.42. The second-order valence-corrected chi connectivity index (χ2v) is 2.83. The Morgan fingerprint density at radius 1 is 1.58 bits per heavy atom. The topological polar surface area (TPSA) is 46.5 Å². The Labute approximate surface area is 72.0 Å². The lowest BCUT2D eigenvalue weighted by Gasteiger charge is -2.10. The summed E-state index contributed by atoms with van der Waals surface area (Å²) >= 11 is 0. The molecule has 0 amide bonds. The number of carbonyl (C=O) groups excluding carboxylic acids is 1. The first-order chi connectivity index (χ1) is 5.84. The van der Waals surface area contributed by atoms with Gasteiger partial charge in [-0.3, -0.25) is 0 Å². The standard InChI is InChI=1S/C9H14O3/c10-6-7-12-9(11)8-4-2-1-3-5-8/h4,10H,1-3,5-7H2. The van der Waals surface area contributed by atoms with Crippen LogP contribution in [-0.4, -0.2) is 24.3 Å². The average molecular weight is 170 g/mol. The van der Waals surface area contributed by atoms with E-state index in [4.69, 9.17) is 9.84 Å². The Morgan fingerprint density at radius 2 is 2.42 bits per heavy atom. The molecule has 0 saturated carbocycles. The monoisotopic (exact) mass is 170 g/mol. The van der Waals surface area contributed by atoms with Crippen LogP contribution in [0.2, 0.25) is 0 Å². The highest BCUT2D eigenvalue weighted by Gasteiger charge is 2.12. The average Bonchev–Trinajstić information content (AvgIpc) is 2.15. The van der Waals surface area contributed by atoms with Crippen LogP contribution in [0.15, 0.2) is 11.6 Å². The van der Waals surface area contributed by atoms with E-state index in [2.05, 4.69) is 0 Å². The molecule has 0 heterocycles. The molecule has 1 aliphatic rings. The van der Waals surface area contributed by atoms with Crippen molar-refractivity contribution in [2.75, 3.05) is 13.2 Å². The highest BCUT2D eigenvalue weighted by molar-refractivity contribution is 5.88.